The van der Waals surface area contributed by atoms with Gasteiger partial charge in [-0.25, -0.2) is 14.0 Å². The maximum absolute atomic E-state index is 13.7. The number of rotatable bonds is 5. The molecule has 0 unspecified atom stereocenters. The summed E-state index contributed by atoms with van der Waals surface area (Å²) in [5.74, 6) is -1.18. The lowest BCUT2D eigenvalue weighted by molar-refractivity contribution is 0.0592. The first-order valence-electron chi connectivity index (χ1n) is 8.86. The molecule has 146 valence electrons. The van der Waals surface area contributed by atoms with Crippen molar-refractivity contribution in [3.8, 4) is 0 Å². The van der Waals surface area contributed by atoms with E-state index in [1.54, 1.807) is 60.7 Å². The molecule has 5 heteroatoms. The second kappa shape index (κ2) is 8.97. The summed E-state index contributed by atoms with van der Waals surface area (Å²) in [6, 6.07) is 20.1. The van der Waals surface area contributed by atoms with Crippen LogP contribution in [-0.2, 0) is 9.47 Å². The molecule has 0 aliphatic rings. The van der Waals surface area contributed by atoms with Gasteiger partial charge >= 0.3 is 11.9 Å². The molecule has 0 spiro atoms. The predicted octanol–water partition coefficient (Wildman–Crippen LogP) is 4.99. The van der Waals surface area contributed by atoms with E-state index in [9.17, 15) is 14.0 Å². The highest BCUT2D eigenvalue weighted by Gasteiger charge is 2.11. The van der Waals surface area contributed by atoms with Gasteiger partial charge in [0.25, 0.3) is 0 Å². The lowest BCUT2D eigenvalue weighted by Gasteiger charge is -2.11. The number of carbonyl (C=O) groups excluding carboxylic acids is 2. The van der Waals surface area contributed by atoms with E-state index in [4.69, 9.17) is 9.47 Å². The zero-order valence-electron chi connectivity index (χ0n) is 16.0. The number of hydrogen-bond acceptors (Lipinski definition) is 4. The number of methoxy groups -OCH3 is 2. The molecule has 0 aliphatic heterocycles. The molecule has 3 aromatic rings. The Morgan fingerprint density at radius 2 is 1.17 bits per heavy atom. The van der Waals surface area contributed by atoms with Crippen LogP contribution in [0.3, 0.4) is 0 Å². The molecule has 0 N–H and O–H groups in total. The molecule has 0 heterocycles. The number of esters is 2. The number of hydrogen-bond donors (Lipinski definition) is 0. The van der Waals surface area contributed by atoms with Crippen molar-refractivity contribution >= 4 is 23.6 Å². The van der Waals surface area contributed by atoms with Gasteiger partial charge in [-0.3, -0.25) is 0 Å². The Bertz CT molecular complexity index is 989. The minimum Gasteiger partial charge on any atom is -0.465 e. The topological polar surface area (TPSA) is 52.6 Å². The van der Waals surface area contributed by atoms with Crippen molar-refractivity contribution in [2.24, 2.45) is 0 Å². The summed E-state index contributed by atoms with van der Waals surface area (Å²) in [6.45, 7) is 0. The molecule has 3 aromatic carbocycles. The second-order valence-electron chi connectivity index (χ2n) is 6.25. The Hall–Kier alpha value is -3.73. The Morgan fingerprint density at radius 1 is 0.724 bits per heavy atom. The van der Waals surface area contributed by atoms with Gasteiger partial charge in [-0.05, 0) is 64.7 Å². The third kappa shape index (κ3) is 4.76. The highest BCUT2D eigenvalue weighted by Crippen LogP contribution is 2.27. The van der Waals surface area contributed by atoms with Crippen LogP contribution >= 0.6 is 0 Å². The van der Waals surface area contributed by atoms with Gasteiger partial charge in [0.05, 0.1) is 25.3 Å². The Kier molecular flexibility index (Phi) is 6.19. The fourth-order valence-electron chi connectivity index (χ4n) is 2.90. The van der Waals surface area contributed by atoms with E-state index in [1.807, 2.05) is 6.08 Å². The van der Waals surface area contributed by atoms with Gasteiger partial charge in [0.1, 0.15) is 5.82 Å². The normalized spacial score (nSPS) is 10.2. The zero-order chi connectivity index (χ0) is 20.8. The zero-order valence-corrected chi connectivity index (χ0v) is 16.0. The lowest BCUT2D eigenvalue weighted by Crippen LogP contribution is -2.02. The van der Waals surface area contributed by atoms with Crippen molar-refractivity contribution in [3.63, 3.8) is 0 Å². The first kappa shape index (κ1) is 20.0. The Balaban J connectivity index is 2.07. The van der Waals surface area contributed by atoms with Crippen LogP contribution in [0.25, 0.3) is 11.6 Å². The van der Waals surface area contributed by atoms with Crippen LogP contribution < -0.4 is 0 Å². The predicted molar refractivity (Wildman–Crippen MR) is 109 cm³/mol. The molecule has 29 heavy (non-hydrogen) atoms. The van der Waals surface area contributed by atoms with Crippen LogP contribution in [0.4, 0.5) is 4.39 Å². The van der Waals surface area contributed by atoms with E-state index in [0.29, 0.717) is 16.7 Å². The number of ether oxygens (including phenoxy) is 2. The van der Waals surface area contributed by atoms with Crippen LogP contribution in [-0.4, -0.2) is 26.2 Å². The molecular weight excluding hydrogens is 371 g/mol. The fraction of sp³-hybridized carbons (Fsp3) is 0.0833. The van der Waals surface area contributed by atoms with Gasteiger partial charge in [0.15, 0.2) is 0 Å². The first-order valence-corrected chi connectivity index (χ1v) is 8.86. The minimum atomic E-state index is -0.422. The summed E-state index contributed by atoms with van der Waals surface area (Å²) in [6.07, 6.45) is 1.85. The molecule has 0 saturated carbocycles. The SMILES string of the molecule is COC(=O)c1ccc(C(=Cc2cccc(F)c2)c2ccc(C(=O)OC)cc2)cc1. The summed E-state index contributed by atoms with van der Waals surface area (Å²) in [4.78, 5) is 23.4. The number of benzene rings is 3. The van der Waals surface area contributed by atoms with E-state index >= 15 is 0 Å². The van der Waals surface area contributed by atoms with E-state index in [-0.39, 0.29) is 5.82 Å². The third-order valence-corrected chi connectivity index (χ3v) is 4.39. The number of halogens is 1. The van der Waals surface area contributed by atoms with Crippen molar-refractivity contribution < 1.29 is 23.5 Å². The molecule has 0 atom stereocenters. The summed E-state index contributed by atoms with van der Waals surface area (Å²) >= 11 is 0. The standard InChI is InChI=1S/C24H19FO4/c1-28-23(26)19-10-6-17(7-11-19)22(15-16-4-3-5-21(25)14-16)18-8-12-20(13-9-18)24(27)29-2/h3-15H,1-2H3. The average Bonchev–Trinajstić information content (AvgIpc) is 2.77. The van der Waals surface area contributed by atoms with Crippen molar-refractivity contribution in [2.75, 3.05) is 14.2 Å². The first-order chi connectivity index (χ1) is 14.0. The van der Waals surface area contributed by atoms with E-state index in [1.165, 1.54) is 26.4 Å². The summed E-state index contributed by atoms with van der Waals surface area (Å²) in [5, 5.41) is 0. The molecular formula is C24H19FO4. The van der Waals surface area contributed by atoms with Crippen LogP contribution in [0.5, 0.6) is 0 Å². The highest BCUT2D eigenvalue weighted by molar-refractivity contribution is 5.95. The molecule has 0 fully saturated rings. The lowest BCUT2D eigenvalue weighted by atomic mass is 9.94. The molecule has 0 saturated heterocycles. The molecule has 4 nitrogen and oxygen atoms in total. The quantitative estimate of drug-likeness (QED) is 0.455. The van der Waals surface area contributed by atoms with Crippen molar-refractivity contribution in [1.82, 2.24) is 0 Å². The molecule has 0 aromatic heterocycles. The van der Waals surface area contributed by atoms with E-state index < -0.39 is 11.9 Å². The molecule has 0 radical (unpaired) electrons. The van der Waals surface area contributed by atoms with Crippen molar-refractivity contribution in [1.29, 1.82) is 0 Å². The van der Waals surface area contributed by atoms with Gasteiger partial charge in [-0.2, -0.15) is 0 Å². The third-order valence-electron chi connectivity index (χ3n) is 4.39. The van der Waals surface area contributed by atoms with E-state index in [0.717, 1.165) is 16.7 Å². The molecule has 0 amide bonds. The van der Waals surface area contributed by atoms with Gasteiger partial charge in [-0.15, -0.1) is 0 Å². The van der Waals surface area contributed by atoms with Crippen LogP contribution in [0.1, 0.15) is 37.4 Å². The van der Waals surface area contributed by atoms with Crippen molar-refractivity contribution in [3.05, 3.63) is 106 Å². The Labute approximate surface area is 168 Å². The van der Waals surface area contributed by atoms with E-state index in [2.05, 4.69) is 0 Å². The highest BCUT2D eigenvalue weighted by atomic mass is 19.1. The average molecular weight is 390 g/mol. The minimum absolute atomic E-state index is 0.333. The maximum Gasteiger partial charge on any atom is 0.337 e. The Morgan fingerprint density at radius 3 is 1.59 bits per heavy atom. The van der Waals surface area contributed by atoms with Gasteiger partial charge < -0.3 is 9.47 Å². The molecule has 0 aliphatic carbocycles. The largest absolute Gasteiger partial charge is 0.465 e. The molecule has 0 bridgehead atoms. The summed E-state index contributed by atoms with van der Waals surface area (Å²) in [5.41, 5.74) is 4.02. The monoisotopic (exact) mass is 390 g/mol. The smallest absolute Gasteiger partial charge is 0.337 e. The maximum atomic E-state index is 13.7. The fourth-order valence-corrected chi connectivity index (χ4v) is 2.90. The second-order valence-corrected chi connectivity index (χ2v) is 6.25. The van der Waals surface area contributed by atoms with Crippen LogP contribution in [0, 0.1) is 5.82 Å². The van der Waals surface area contributed by atoms with Crippen LogP contribution in [0.2, 0.25) is 0 Å². The summed E-state index contributed by atoms with van der Waals surface area (Å²) < 4.78 is 23.1. The van der Waals surface area contributed by atoms with Gasteiger partial charge in [-0.1, -0.05) is 36.4 Å². The van der Waals surface area contributed by atoms with Crippen LogP contribution in [0.15, 0.2) is 72.8 Å². The van der Waals surface area contributed by atoms with Gasteiger partial charge in [0, 0.05) is 0 Å². The molecule has 3 rings (SSSR count). The summed E-state index contributed by atoms with van der Waals surface area (Å²) in [7, 11) is 2.66. The van der Waals surface area contributed by atoms with Crippen molar-refractivity contribution in [2.45, 2.75) is 0 Å². The number of carbonyl (C=O) groups is 2. The van der Waals surface area contributed by atoms with Gasteiger partial charge in [0.2, 0.25) is 0 Å².